The molecular formula is C22H23ClN4O5S. The lowest BCUT2D eigenvalue weighted by molar-refractivity contribution is -0.130. The number of ether oxygens (including phenoxy) is 2. The van der Waals surface area contributed by atoms with Crippen LogP contribution in [-0.4, -0.2) is 59.5 Å². The lowest BCUT2D eigenvalue weighted by Crippen LogP contribution is -2.49. The Hall–Kier alpha value is -3.37. The molecule has 2 aromatic rings. The van der Waals surface area contributed by atoms with Crippen molar-refractivity contribution in [3.63, 3.8) is 0 Å². The fourth-order valence-corrected chi connectivity index (χ4v) is 3.89. The van der Waals surface area contributed by atoms with Crippen molar-refractivity contribution in [3.8, 4) is 11.5 Å². The summed E-state index contributed by atoms with van der Waals surface area (Å²) in [7, 11) is 2.94. The zero-order valence-electron chi connectivity index (χ0n) is 18.3. The van der Waals surface area contributed by atoms with Crippen LogP contribution in [0.5, 0.6) is 11.5 Å². The number of hydrazine groups is 1. The highest BCUT2D eigenvalue weighted by atomic mass is 35.5. The van der Waals surface area contributed by atoms with Gasteiger partial charge in [-0.15, -0.1) is 0 Å². The van der Waals surface area contributed by atoms with Gasteiger partial charge in [0.25, 0.3) is 11.8 Å². The number of amides is 3. The van der Waals surface area contributed by atoms with Crippen molar-refractivity contribution in [2.75, 3.05) is 26.1 Å². The van der Waals surface area contributed by atoms with Crippen LogP contribution in [0.1, 0.15) is 23.7 Å². The largest absolute Gasteiger partial charge is 0.497 e. The fourth-order valence-electron chi connectivity index (χ4n) is 3.31. The van der Waals surface area contributed by atoms with Gasteiger partial charge in [0.1, 0.15) is 17.5 Å². The Morgan fingerprint density at radius 1 is 1.12 bits per heavy atom. The molecule has 0 bridgehead atoms. The van der Waals surface area contributed by atoms with E-state index < -0.39 is 17.9 Å². The number of thiocarbonyl (C=S) groups is 1. The number of hydrogen-bond donors (Lipinski definition) is 2. The van der Waals surface area contributed by atoms with Crippen LogP contribution in [0, 0.1) is 0 Å². The molecule has 3 rings (SSSR count). The molecule has 33 heavy (non-hydrogen) atoms. The van der Waals surface area contributed by atoms with Crippen LogP contribution in [0.25, 0.3) is 0 Å². The number of methoxy groups -OCH3 is 2. The van der Waals surface area contributed by atoms with E-state index in [1.54, 1.807) is 37.3 Å². The number of rotatable bonds is 8. The van der Waals surface area contributed by atoms with E-state index in [9.17, 15) is 14.4 Å². The van der Waals surface area contributed by atoms with Crippen molar-refractivity contribution in [2.24, 2.45) is 0 Å². The maximum Gasteiger partial charge on any atom is 0.270 e. The summed E-state index contributed by atoms with van der Waals surface area (Å²) in [5.74, 6) is -0.508. The molecule has 1 aliphatic heterocycles. The van der Waals surface area contributed by atoms with Crippen molar-refractivity contribution < 1.29 is 23.9 Å². The normalized spacial score (nSPS) is 15.5. The van der Waals surface area contributed by atoms with Gasteiger partial charge >= 0.3 is 0 Å². The van der Waals surface area contributed by atoms with Crippen LogP contribution < -0.4 is 20.2 Å². The highest BCUT2D eigenvalue weighted by molar-refractivity contribution is 7.80. The lowest BCUT2D eigenvalue weighted by Gasteiger charge is -2.24. The lowest BCUT2D eigenvalue weighted by atomic mass is 10.1. The molecule has 1 fully saturated rings. The van der Waals surface area contributed by atoms with E-state index in [0.717, 1.165) is 0 Å². The van der Waals surface area contributed by atoms with Gasteiger partial charge in [-0.1, -0.05) is 17.7 Å². The van der Waals surface area contributed by atoms with E-state index in [0.29, 0.717) is 28.8 Å². The minimum atomic E-state index is -1.01. The Kier molecular flexibility index (Phi) is 7.72. The number of hydrogen-bond acceptors (Lipinski definition) is 6. The molecule has 2 aromatic carbocycles. The Morgan fingerprint density at radius 2 is 1.79 bits per heavy atom. The fraction of sp³-hybridized carbons (Fsp3) is 0.273. The molecule has 0 saturated carbocycles. The van der Waals surface area contributed by atoms with Crippen molar-refractivity contribution in [2.45, 2.75) is 19.4 Å². The molecule has 1 saturated heterocycles. The monoisotopic (exact) mass is 490 g/mol. The molecule has 0 aromatic heterocycles. The Morgan fingerprint density at radius 3 is 2.36 bits per heavy atom. The predicted molar refractivity (Wildman–Crippen MR) is 127 cm³/mol. The maximum absolute atomic E-state index is 13.0. The number of carbonyl (C=O) groups excluding carboxylic acids is 3. The molecule has 11 heteroatoms. The van der Waals surface area contributed by atoms with Crippen molar-refractivity contribution in [1.82, 2.24) is 15.3 Å². The van der Waals surface area contributed by atoms with Crippen LogP contribution in [0.15, 0.2) is 42.5 Å². The second kappa shape index (κ2) is 10.5. The van der Waals surface area contributed by atoms with E-state index in [2.05, 4.69) is 10.7 Å². The second-order valence-electron chi connectivity index (χ2n) is 7.06. The molecule has 2 N–H and O–H groups in total. The number of halogens is 1. The first-order valence-electron chi connectivity index (χ1n) is 10.0. The standard InChI is InChI=1S/C22H23ClN4O5S/c1-4-26-21(30)18(12-19(28)24-15-7-5-6-14(23)10-15)27(22(26)33)25-20(29)13-8-16(31-2)11-17(9-13)32-3/h5-11,18H,4,12H2,1-3H3,(H,24,28)(H,25,29)/t18-/m1/s1. The van der Waals surface area contributed by atoms with Gasteiger partial charge in [-0.05, 0) is 49.5 Å². The van der Waals surface area contributed by atoms with Crippen LogP contribution in [-0.2, 0) is 9.59 Å². The summed E-state index contributed by atoms with van der Waals surface area (Å²) in [5, 5.41) is 4.51. The highest BCUT2D eigenvalue weighted by Crippen LogP contribution is 2.24. The maximum atomic E-state index is 13.0. The molecule has 0 radical (unpaired) electrons. The molecule has 9 nitrogen and oxygen atoms in total. The summed E-state index contributed by atoms with van der Waals surface area (Å²) < 4.78 is 10.4. The van der Waals surface area contributed by atoms with Gasteiger partial charge in [0, 0.05) is 28.9 Å². The predicted octanol–water partition coefficient (Wildman–Crippen LogP) is 2.85. The van der Waals surface area contributed by atoms with E-state index in [4.69, 9.17) is 33.3 Å². The van der Waals surface area contributed by atoms with Crippen molar-refractivity contribution in [1.29, 1.82) is 0 Å². The van der Waals surface area contributed by atoms with E-state index in [-0.39, 0.29) is 23.0 Å². The van der Waals surface area contributed by atoms with E-state index in [1.807, 2.05) is 0 Å². The van der Waals surface area contributed by atoms with E-state index >= 15 is 0 Å². The average Bonchev–Trinajstić information content (AvgIpc) is 3.01. The Bertz CT molecular complexity index is 1070. The van der Waals surface area contributed by atoms with Gasteiger partial charge in [-0.25, -0.2) is 5.01 Å². The SMILES string of the molecule is CCN1C(=O)[C@@H](CC(=O)Nc2cccc(Cl)c2)N(NC(=O)c2cc(OC)cc(OC)c2)C1=S. The molecule has 1 aliphatic rings. The molecule has 0 unspecified atom stereocenters. The summed E-state index contributed by atoms with van der Waals surface area (Å²) in [6.07, 6.45) is -0.232. The molecule has 174 valence electrons. The van der Waals surface area contributed by atoms with Crippen molar-refractivity contribution in [3.05, 3.63) is 53.1 Å². The number of benzene rings is 2. The molecule has 1 heterocycles. The molecule has 3 amide bonds. The first-order chi connectivity index (χ1) is 15.8. The smallest absolute Gasteiger partial charge is 0.270 e. The van der Waals surface area contributed by atoms with E-state index in [1.165, 1.54) is 36.3 Å². The zero-order valence-corrected chi connectivity index (χ0v) is 19.8. The topological polar surface area (TPSA) is 100 Å². The minimum Gasteiger partial charge on any atom is -0.497 e. The first kappa shape index (κ1) is 24.3. The molecule has 0 aliphatic carbocycles. The molecular weight excluding hydrogens is 468 g/mol. The Balaban J connectivity index is 1.80. The minimum absolute atomic E-state index is 0.103. The third-order valence-corrected chi connectivity index (χ3v) is 5.59. The van der Waals surface area contributed by atoms with Crippen LogP contribution in [0.3, 0.4) is 0 Å². The summed E-state index contributed by atoms with van der Waals surface area (Å²) >= 11 is 11.4. The number of nitrogens with one attached hydrogen (secondary N) is 2. The van der Waals surface area contributed by atoms with Gasteiger partial charge in [0.05, 0.1) is 20.6 Å². The first-order valence-corrected chi connectivity index (χ1v) is 10.8. The van der Waals surface area contributed by atoms with Gasteiger partial charge in [0.2, 0.25) is 5.91 Å². The number of carbonyl (C=O) groups is 3. The van der Waals surface area contributed by atoms with Gasteiger partial charge in [0.15, 0.2) is 5.11 Å². The molecule has 0 spiro atoms. The summed E-state index contributed by atoms with van der Waals surface area (Å²) in [6.45, 7) is 2.05. The third kappa shape index (κ3) is 5.52. The van der Waals surface area contributed by atoms with Crippen LogP contribution in [0.2, 0.25) is 5.02 Å². The summed E-state index contributed by atoms with van der Waals surface area (Å²) in [5.41, 5.74) is 3.38. The highest BCUT2D eigenvalue weighted by Gasteiger charge is 2.44. The number of anilines is 1. The number of nitrogens with zero attached hydrogens (tertiary/aromatic N) is 2. The number of likely N-dealkylation sites (N-methyl/N-ethyl adjacent to an activating group) is 1. The third-order valence-electron chi connectivity index (χ3n) is 4.94. The average molecular weight is 491 g/mol. The van der Waals surface area contributed by atoms with Gasteiger partial charge < -0.3 is 14.8 Å². The van der Waals surface area contributed by atoms with Gasteiger partial charge in [-0.2, -0.15) is 0 Å². The second-order valence-corrected chi connectivity index (χ2v) is 7.86. The van der Waals surface area contributed by atoms with Crippen molar-refractivity contribution >= 4 is 52.3 Å². The van der Waals surface area contributed by atoms with Crippen LogP contribution >= 0.6 is 23.8 Å². The summed E-state index contributed by atoms with van der Waals surface area (Å²) in [6, 6.07) is 10.3. The quantitative estimate of drug-likeness (QED) is 0.549. The summed E-state index contributed by atoms with van der Waals surface area (Å²) in [4.78, 5) is 39.9. The zero-order chi connectivity index (χ0) is 24.1. The van der Waals surface area contributed by atoms with Crippen LogP contribution in [0.4, 0.5) is 5.69 Å². The molecule has 1 atom stereocenters. The van der Waals surface area contributed by atoms with Gasteiger partial charge in [-0.3, -0.25) is 24.7 Å². The Labute approximate surface area is 201 Å².